The fourth-order valence-corrected chi connectivity index (χ4v) is 4.36. The Bertz CT molecular complexity index is 303. The second kappa shape index (κ2) is 10.3. The Labute approximate surface area is 133 Å². The van der Waals surface area contributed by atoms with E-state index in [0.29, 0.717) is 5.92 Å². The molecule has 0 saturated heterocycles. The second-order valence-corrected chi connectivity index (χ2v) is 7.29. The summed E-state index contributed by atoms with van der Waals surface area (Å²) >= 11 is 0. The highest BCUT2D eigenvalue weighted by molar-refractivity contribution is 4.95. The molecule has 0 bridgehead atoms. The van der Waals surface area contributed by atoms with Crippen LogP contribution in [-0.2, 0) is 0 Å². The molecule has 0 aromatic rings. The summed E-state index contributed by atoms with van der Waals surface area (Å²) in [7, 11) is 0. The molecule has 0 N–H and O–H groups in total. The van der Waals surface area contributed by atoms with Crippen LogP contribution in [0.15, 0.2) is 0 Å². The summed E-state index contributed by atoms with van der Waals surface area (Å²) in [5.74, 6) is 4.17. The van der Waals surface area contributed by atoms with E-state index in [-0.39, 0.29) is 0 Å². The van der Waals surface area contributed by atoms with Crippen molar-refractivity contribution in [3.05, 3.63) is 0 Å². The van der Waals surface area contributed by atoms with Gasteiger partial charge in [-0.05, 0) is 55.8 Å². The van der Waals surface area contributed by atoms with E-state index >= 15 is 0 Å². The topological polar surface area (TPSA) is 23.8 Å². The lowest BCUT2D eigenvalue weighted by atomic mass is 9.76. The second-order valence-electron chi connectivity index (χ2n) is 7.29. The normalized spacial score (nSPS) is 32.5. The predicted octanol–water partition coefficient (Wildman–Crippen LogP) is 6.59. The first-order chi connectivity index (χ1) is 10.2. The molecule has 2 fully saturated rings. The average molecular weight is 292 g/mol. The van der Waals surface area contributed by atoms with Gasteiger partial charge in [0.1, 0.15) is 0 Å². The third kappa shape index (κ3) is 6.01. The van der Waals surface area contributed by atoms with Gasteiger partial charge in [0.25, 0.3) is 0 Å². The third-order valence-corrected chi connectivity index (χ3v) is 5.85. The molecule has 2 rings (SSSR count). The summed E-state index contributed by atoms with van der Waals surface area (Å²) in [6, 6.07) is 2.50. The number of hydrogen-bond acceptors (Lipinski definition) is 1. The fraction of sp³-hybridized carbons (Fsp3) is 0.950. The fourth-order valence-electron chi connectivity index (χ4n) is 4.36. The highest BCUT2D eigenvalue weighted by Gasteiger charge is 2.38. The van der Waals surface area contributed by atoms with Gasteiger partial charge in [0.05, 0.1) is 6.07 Å². The molecule has 0 aromatic carbocycles. The van der Waals surface area contributed by atoms with Crippen molar-refractivity contribution in [1.82, 2.24) is 0 Å². The van der Waals surface area contributed by atoms with E-state index in [9.17, 15) is 0 Å². The quantitative estimate of drug-likeness (QED) is 0.507. The van der Waals surface area contributed by atoms with Crippen molar-refractivity contribution in [2.24, 2.45) is 29.6 Å². The molecule has 0 amide bonds. The van der Waals surface area contributed by atoms with Crippen molar-refractivity contribution >= 4 is 0 Å². The third-order valence-electron chi connectivity index (χ3n) is 5.85. The molecule has 0 radical (unpaired) electrons. The van der Waals surface area contributed by atoms with Crippen LogP contribution in [0.4, 0.5) is 0 Å². The highest BCUT2D eigenvalue weighted by Crippen LogP contribution is 2.48. The maximum atomic E-state index is 9.08. The Morgan fingerprint density at radius 3 is 2.43 bits per heavy atom. The van der Waals surface area contributed by atoms with Gasteiger partial charge in [0.2, 0.25) is 0 Å². The van der Waals surface area contributed by atoms with Gasteiger partial charge in [-0.1, -0.05) is 59.8 Å². The number of nitriles is 1. The lowest BCUT2D eigenvalue weighted by Gasteiger charge is -2.27. The first kappa shape index (κ1) is 18.5. The van der Waals surface area contributed by atoms with Crippen LogP contribution < -0.4 is 0 Å². The average Bonchev–Trinajstić information content (AvgIpc) is 2.94. The van der Waals surface area contributed by atoms with Crippen LogP contribution in [0, 0.1) is 40.9 Å². The van der Waals surface area contributed by atoms with Gasteiger partial charge < -0.3 is 0 Å². The molecule has 0 aromatic heterocycles. The minimum absolute atomic E-state index is 0.380. The minimum atomic E-state index is 0.380. The van der Waals surface area contributed by atoms with Gasteiger partial charge in [0.15, 0.2) is 0 Å². The lowest BCUT2D eigenvalue weighted by molar-refractivity contribution is 0.240. The van der Waals surface area contributed by atoms with E-state index in [0.717, 1.165) is 23.7 Å². The summed E-state index contributed by atoms with van der Waals surface area (Å²) in [4.78, 5) is 0. The molecule has 21 heavy (non-hydrogen) atoms. The SMILES string of the molecule is CC.CCC(C)CCCCC1CC2CCC(C#N)CC2C1. The van der Waals surface area contributed by atoms with Crippen molar-refractivity contribution in [3.8, 4) is 6.07 Å². The summed E-state index contributed by atoms with van der Waals surface area (Å²) in [5.41, 5.74) is 0. The first-order valence-electron chi connectivity index (χ1n) is 9.62. The molecule has 0 aliphatic heterocycles. The molecule has 1 heteroatoms. The summed E-state index contributed by atoms with van der Waals surface area (Å²) < 4.78 is 0. The maximum absolute atomic E-state index is 9.08. The zero-order valence-corrected chi connectivity index (χ0v) is 14.9. The Morgan fingerprint density at radius 1 is 1.05 bits per heavy atom. The van der Waals surface area contributed by atoms with Crippen LogP contribution in [0.5, 0.6) is 0 Å². The van der Waals surface area contributed by atoms with Crippen molar-refractivity contribution in [3.63, 3.8) is 0 Å². The largest absolute Gasteiger partial charge is 0.198 e. The van der Waals surface area contributed by atoms with Gasteiger partial charge in [0, 0.05) is 5.92 Å². The van der Waals surface area contributed by atoms with Crippen molar-refractivity contribution in [2.75, 3.05) is 0 Å². The highest BCUT2D eigenvalue weighted by atomic mass is 14.4. The zero-order valence-electron chi connectivity index (χ0n) is 14.9. The molecule has 2 aliphatic rings. The van der Waals surface area contributed by atoms with Crippen LogP contribution in [0.3, 0.4) is 0 Å². The Kier molecular flexibility index (Phi) is 9.05. The standard InChI is InChI=1S/C18H31N.C2H6/c1-3-14(2)6-4-5-7-15-10-17-9-8-16(13-19)12-18(17)11-15;1-2/h14-18H,3-12H2,1-2H3;1-2H3. The molecule has 0 heterocycles. The molecular formula is C20H37N. The van der Waals surface area contributed by atoms with Crippen molar-refractivity contribution < 1.29 is 0 Å². The van der Waals surface area contributed by atoms with Crippen molar-refractivity contribution in [2.45, 2.75) is 91.9 Å². The minimum Gasteiger partial charge on any atom is -0.198 e. The van der Waals surface area contributed by atoms with Crippen LogP contribution >= 0.6 is 0 Å². The van der Waals surface area contributed by atoms with E-state index in [1.54, 1.807) is 0 Å². The van der Waals surface area contributed by atoms with Crippen LogP contribution in [0.25, 0.3) is 0 Å². The molecule has 1 nitrogen and oxygen atoms in total. The van der Waals surface area contributed by atoms with Gasteiger partial charge in [-0.2, -0.15) is 5.26 Å². The monoisotopic (exact) mass is 291 g/mol. The smallest absolute Gasteiger partial charge is 0.0655 e. The molecule has 5 unspecified atom stereocenters. The van der Waals surface area contributed by atoms with Gasteiger partial charge in [-0.15, -0.1) is 0 Å². The molecule has 122 valence electrons. The van der Waals surface area contributed by atoms with E-state index in [1.807, 2.05) is 13.8 Å². The Hall–Kier alpha value is -0.510. The number of unbranched alkanes of at least 4 members (excludes halogenated alkanes) is 1. The number of hydrogen-bond donors (Lipinski definition) is 0. The summed E-state index contributed by atoms with van der Waals surface area (Å²) in [5, 5.41) is 9.08. The Morgan fingerprint density at radius 2 is 1.76 bits per heavy atom. The van der Waals surface area contributed by atoms with Gasteiger partial charge in [-0.25, -0.2) is 0 Å². The van der Waals surface area contributed by atoms with Crippen LogP contribution in [-0.4, -0.2) is 0 Å². The molecular weight excluding hydrogens is 254 g/mol. The molecule has 0 spiro atoms. The molecule has 2 saturated carbocycles. The predicted molar refractivity (Wildman–Crippen MR) is 91.9 cm³/mol. The lowest BCUT2D eigenvalue weighted by Crippen LogP contribution is -2.19. The van der Waals surface area contributed by atoms with E-state index in [1.165, 1.54) is 64.2 Å². The maximum Gasteiger partial charge on any atom is 0.0655 e. The summed E-state index contributed by atoms with van der Waals surface area (Å²) in [6.45, 7) is 8.68. The molecule has 5 atom stereocenters. The number of nitrogens with zero attached hydrogens (tertiary/aromatic N) is 1. The van der Waals surface area contributed by atoms with E-state index in [4.69, 9.17) is 5.26 Å². The van der Waals surface area contributed by atoms with E-state index in [2.05, 4.69) is 19.9 Å². The van der Waals surface area contributed by atoms with Gasteiger partial charge in [-0.3, -0.25) is 0 Å². The van der Waals surface area contributed by atoms with Crippen molar-refractivity contribution in [1.29, 1.82) is 5.26 Å². The molecule has 2 aliphatic carbocycles. The Balaban J connectivity index is 0.00000106. The first-order valence-corrected chi connectivity index (χ1v) is 9.62. The van der Waals surface area contributed by atoms with Crippen LogP contribution in [0.1, 0.15) is 91.9 Å². The van der Waals surface area contributed by atoms with E-state index < -0.39 is 0 Å². The zero-order chi connectivity index (χ0) is 15.7. The number of fused-ring (bicyclic) bond motifs is 1. The van der Waals surface area contributed by atoms with Crippen LogP contribution in [0.2, 0.25) is 0 Å². The van der Waals surface area contributed by atoms with Gasteiger partial charge >= 0.3 is 0 Å². The summed E-state index contributed by atoms with van der Waals surface area (Å²) in [6.07, 6.45) is 13.7. The number of rotatable bonds is 6.